The first-order valence-corrected chi connectivity index (χ1v) is 3.16. The third kappa shape index (κ3) is 3.02. The van der Waals surface area contributed by atoms with E-state index in [9.17, 15) is 4.79 Å². The van der Waals surface area contributed by atoms with Crippen molar-refractivity contribution in [3.05, 3.63) is 18.2 Å². The van der Waals surface area contributed by atoms with Gasteiger partial charge in [-0.2, -0.15) is 0 Å². The van der Waals surface area contributed by atoms with Gasteiger partial charge in [-0.05, 0) is 0 Å². The second-order valence-electron chi connectivity index (χ2n) is 2.21. The monoisotopic (exact) mass is 235 g/mol. The standard InChI is InChI=1S/C6H9N3O2.BrH/c7-5(6(10)11)1-4-2-8-3-9-4;/h2-3,5H,1,7H2,(H,8,9)(H,10,11);1H. The van der Waals surface area contributed by atoms with Gasteiger partial charge in [-0.1, -0.05) is 0 Å². The zero-order chi connectivity index (χ0) is 8.27. The lowest BCUT2D eigenvalue weighted by atomic mass is 10.2. The number of aromatic amines is 1. The summed E-state index contributed by atoms with van der Waals surface area (Å²) in [6.07, 6.45) is 3.38. The Morgan fingerprint density at radius 2 is 2.50 bits per heavy atom. The maximum atomic E-state index is 10.3. The van der Waals surface area contributed by atoms with E-state index >= 15 is 0 Å². The number of aliphatic carboxylic acids is 1. The van der Waals surface area contributed by atoms with Crippen molar-refractivity contribution < 1.29 is 9.90 Å². The lowest BCUT2D eigenvalue weighted by molar-refractivity contribution is -0.138. The molecule has 12 heavy (non-hydrogen) atoms. The molecule has 1 aromatic heterocycles. The smallest absolute Gasteiger partial charge is 0.320 e. The zero-order valence-electron chi connectivity index (χ0n) is 6.23. The van der Waals surface area contributed by atoms with Crippen LogP contribution in [0.25, 0.3) is 0 Å². The highest BCUT2D eigenvalue weighted by Gasteiger charge is 2.12. The molecule has 0 spiro atoms. The fraction of sp³-hybridized carbons (Fsp3) is 0.333. The predicted molar refractivity (Wildman–Crippen MR) is 48.2 cm³/mol. The molecule has 5 nitrogen and oxygen atoms in total. The Balaban J connectivity index is 0.00000121. The van der Waals surface area contributed by atoms with E-state index in [4.69, 9.17) is 10.8 Å². The number of imidazole rings is 1. The molecular weight excluding hydrogens is 226 g/mol. The van der Waals surface area contributed by atoms with Gasteiger partial charge in [0.1, 0.15) is 6.04 Å². The van der Waals surface area contributed by atoms with Gasteiger partial charge in [0.05, 0.1) is 12.0 Å². The van der Waals surface area contributed by atoms with Crippen LogP contribution in [0.5, 0.6) is 0 Å². The third-order valence-electron chi connectivity index (χ3n) is 1.30. The number of rotatable bonds is 3. The molecule has 1 rings (SSSR count). The molecule has 68 valence electrons. The molecule has 6 heteroatoms. The van der Waals surface area contributed by atoms with Crippen molar-refractivity contribution >= 4 is 23.0 Å². The van der Waals surface area contributed by atoms with Crippen molar-refractivity contribution in [1.29, 1.82) is 0 Å². The zero-order valence-corrected chi connectivity index (χ0v) is 7.94. The summed E-state index contributed by atoms with van der Waals surface area (Å²) in [6.45, 7) is 0. The van der Waals surface area contributed by atoms with Crippen molar-refractivity contribution in [3.63, 3.8) is 0 Å². The van der Waals surface area contributed by atoms with E-state index in [-0.39, 0.29) is 23.4 Å². The minimum atomic E-state index is -1.01. The van der Waals surface area contributed by atoms with E-state index in [1.54, 1.807) is 6.20 Å². The van der Waals surface area contributed by atoms with Gasteiger partial charge in [-0.25, -0.2) is 4.98 Å². The van der Waals surface area contributed by atoms with Crippen LogP contribution in [0.3, 0.4) is 0 Å². The minimum Gasteiger partial charge on any atom is -0.480 e. The number of nitrogens with one attached hydrogen (secondary N) is 1. The molecule has 0 aliphatic carbocycles. The van der Waals surface area contributed by atoms with Crippen LogP contribution in [0.15, 0.2) is 12.5 Å². The predicted octanol–water partition coefficient (Wildman–Crippen LogP) is -0.0580. The summed E-state index contributed by atoms with van der Waals surface area (Å²) >= 11 is 0. The largest absolute Gasteiger partial charge is 0.480 e. The van der Waals surface area contributed by atoms with Gasteiger partial charge >= 0.3 is 5.97 Å². The Labute approximate surface area is 79.8 Å². The van der Waals surface area contributed by atoms with Crippen LogP contribution >= 0.6 is 17.0 Å². The summed E-state index contributed by atoms with van der Waals surface area (Å²) in [5, 5.41) is 8.42. The van der Waals surface area contributed by atoms with Gasteiger partial charge < -0.3 is 15.8 Å². The number of halogens is 1. The van der Waals surface area contributed by atoms with E-state index in [0.717, 1.165) is 0 Å². The summed E-state index contributed by atoms with van der Waals surface area (Å²) in [5.74, 6) is -1.01. The van der Waals surface area contributed by atoms with Gasteiger partial charge in [0.25, 0.3) is 0 Å². The quantitative estimate of drug-likeness (QED) is 0.685. The number of nitrogens with zero attached hydrogens (tertiary/aromatic N) is 1. The molecule has 0 fully saturated rings. The molecule has 0 saturated heterocycles. The van der Waals surface area contributed by atoms with Crippen LogP contribution in [-0.2, 0) is 11.2 Å². The number of carboxylic acid groups (broad SMARTS) is 1. The van der Waals surface area contributed by atoms with E-state index in [1.807, 2.05) is 0 Å². The molecule has 1 atom stereocenters. The van der Waals surface area contributed by atoms with Gasteiger partial charge in [0.2, 0.25) is 0 Å². The van der Waals surface area contributed by atoms with Gasteiger partial charge in [0.15, 0.2) is 0 Å². The first-order chi connectivity index (χ1) is 5.20. The van der Waals surface area contributed by atoms with Crippen LogP contribution in [-0.4, -0.2) is 27.1 Å². The summed E-state index contributed by atoms with van der Waals surface area (Å²) in [7, 11) is 0. The highest BCUT2D eigenvalue weighted by molar-refractivity contribution is 8.93. The molecule has 0 amide bonds. The Morgan fingerprint density at radius 1 is 1.83 bits per heavy atom. The fourth-order valence-corrected chi connectivity index (χ4v) is 0.715. The number of aromatic nitrogens is 2. The molecule has 0 aliphatic heterocycles. The van der Waals surface area contributed by atoms with E-state index < -0.39 is 12.0 Å². The van der Waals surface area contributed by atoms with E-state index in [1.165, 1.54) is 6.33 Å². The molecule has 0 saturated carbocycles. The number of carbonyl (C=O) groups is 1. The lowest BCUT2D eigenvalue weighted by Gasteiger charge is -2.01. The molecule has 0 aliphatic rings. The Bertz CT molecular complexity index is 237. The molecule has 0 radical (unpaired) electrons. The van der Waals surface area contributed by atoms with Crippen molar-refractivity contribution in [2.45, 2.75) is 12.5 Å². The minimum absolute atomic E-state index is 0. The highest BCUT2D eigenvalue weighted by Crippen LogP contribution is 1.95. The van der Waals surface area contributed by atoms with Crippen LogP contribution < -0.4 is 5.73 Å². The summed E-state index contributed by atoms with van der Waals surface area (Å²) < 4.78 is 0. The average molecular weight is 236 g/mol. The second-order valence-corrected chi connectivity index (χ2v) is 2.21. The summed E-state index contributed by atoms with van der Waals surface area (Å²) in [4.78, 5) is 16.8. The Morgan fingerprint density at radius 3 is 2.92 bits per heavy atom. The SMILES string of the molecule is Br.NC(Cc1c[nH]cn1)C(=O)O. The number of carboxylic acids is 1. The summed E-state index contributed by atoms with van der Waals surface area (Å²) in [6, 6.07) is -0.863. The number of hydrogen-bond donors (Lipinski definition) is 3. The number of hydrogen-bond acceptors (Lipinski definition) is 3. The molecule has 4 N–H and O–H groups in total. The molecule has 0 aromatic carbocycles. The Hall–Kier alpha value is -0.880. The molecule has 0 bridgehead atoms. The first-order valence-electron chi connectivity index (χ1n) is 3.16. The van der Waals surface area contributed by atoms with Crippen LogP contribution in [0, 0.1) is 0 Å². The van der Waals surface area contributed by atoms with Gasteiger partial charge in [-0.3, -0.25) is 4.79 Å². The van der Waals surface area contributed by atoms with Gasteiger partial charge in [-0.15, -0.1) is 17.0 Å². The van der Waals surface area contributed by atoms with Crippen LogP contribution in [0.2, 0.25) is 0 Å². The third-order valence-corrected chi connectivity index (χ3v) is 1.30. The maximum Gasteiger partial charge on any atom is 0.320 e. The Kier molecular flexibility index (Phi) is 4.53. The molecule has 1 unspecified atom stereocenters. The van der Waals surface area contributed by atoms with Crippen molar-refractivity contribution in [3.8, 4) is 0 Å². The van der Waals surface area contributed by atoms with E-state index in [0.29, 0.717) is 5.69 Å². The summed E-state index contributed by atoms with van der Waals surface area (Å²) in [5.41, 5.74) is 5.92. The topological polar surface area (TPSA) is 92.0 Å². The van der Waals surface area contributed by atoms with Crippen LogP contribution in [0.1, 0.15) is 5.69 Å². The van der Waals surface area contributed by atoms with E-state index in [2.05, 4.69) is 9.97 Å². The number of H-pyrrole nitrogens is 1. The lowest BCUT2D eigenvalue weighted by Crippen LogP contribution is -2.32. The van der Waals surface area contributed by atoms with Crippen molar-refractivity contribution in [2.24, 2.45) is 5.73 Å². The van der Waals surface area contributed by atoms with Gasteiger partial charge in [0, 0.05) is 12.6 Å². The van der Waals surface area contributed by atoms with Crippen molar-refractivity contribution in [2.75, 3.05) is 0 Å². The average Bonchev–Trinajstić information content (AvgIpc) is 2.39. The maximum absolute atomic E-state index is 10.3. The highest BCUT2D eigenvalue weighted by atomic mass is 79.9. The first kappa shape index (κ1) is 11.1. The van der Waals surface area contributed by atoms with Crippen LogP contribution in [0.4, 0.5) is 0 Å². The molecule has 1 heterocycles. The van der Waals surface area contributed by atoms with Crippen molar-refractivity contribution in [1.82, 2.24) is 9.97 Å². The normalized spacial score (nSPS) is 11.8. The fourth-order valence-electron chi connectivity index (χ4n) is 0.715. The number of nitrogens with two attached hydrogens (primary N) is 1. The molecular formula is C6H10BrN3O2. The second kappa shape index (κ2) is 4.89. The molecule has 1 aromatic rings.